The zero-order valence-electron chi connectivity index (χ0n) is 13.3. The third-order valence-electron chi connectivity index (χ3n) is 3.62. The summed E-state index contributed by atoms with van der Waals surface area (Å²) in [5.74, 6) is -1.28. The molecule has 0 saturated carbocycles. The number of nitrogens with zero attached hydrogens (tertiary/aromatic N) is 2. The molecule has 0 N–H and O–H groups in total. The van der Waals surface area contributed by atoms with Gasteiger partial charge in [-0.2, -0.15) is 8.42 Å². The highest BCUT2D eigenvalue weighted by Crippen LogP contribution is 2.43. The summed E-state index contributed by atoms with van der Waals surface area (Å²) in [4.78, 5) is 4.00. The fourth-order valence-electron chi connectivity index (χ4n) is 2.62. The lowest BCUT2D eigenvalue weighted by molar-refractivity contribution is -0.189. The van der Waals surface area contributed by atoms with Gasteiger partial charge in [0.05, 0.1) is 48.0 Å². The molecule has 1 aromatic heterocycles. The topological polar surface area (TPSA) is 79.7 Å². The SMILES string of the molecule is CS(=O)(=O)OCC1COC(Cn2ccnc2)(c2c(Cl)cccc2Cl)O1. The van der Waals surface area contributed by atoms with Crippen LogP contribution in [0.1, 0.15) is 5.56 Å². The molecule has 1 aliphatic rings. The zero-order valence-corrected chi connectivity index (χ0v) is 15.6. The van der Waals surface area contributed by atoms with Crippen molar-refractivity contribution in [3.8, 4) is 0 Å². The Balaban J connectivity index is 1.92. The first-order chi connectivity index (χ1) is 11.8. The van der Waals surface area contributed by atoms with Crippen molar-refractivity contribution < 1.29 is 22.1 Å². The molecule has 25 heavy (non-hydrogen) atoms. The van der Waals surface area contributed by atoms with Crippen LogP contribution in [0.4, 0.5) is 0 Å². The first-order valence-corrected chi connectivity index (χ1v) is 9.93. The van der Waals surface area contributed by atoms with Crippen LogP contribution in [0, 0.1) is 0 Å². The quantitative estimate of drug-likeness (QED) is 0.685. The number of hydrogen-bond acceptors (Lipinski definition) is 6. The van der Waals surface area contributed by atoms with Gasteiger partial charge in [-0.25, -0.2) is 4.98 Å². The zero-order chi connectivity index (χ0) is 18.1. The summed E-state index contributed by atoms with van der Waals surface area (Å²) in [5.41, 5.74) is 0.480. The molecule has 0 bridgehead atoms. The Hall–Kier alpha value is -1.16. The van der Waals surface area contributed by atoms with Crippen molar-refractivity contribution in [3.05, 3.63) is 52.5 Å². The van der Waals surface area contributed by atoms with Gasteiger partial charge in [0, 0.05) is 12.4 Å². The predicted octanol–water partition coefficient (Wildman–Crippen LogP) is 2.43. The highest BCUT2D eigenvalue weighted by Gasteiger charge is 2.46. The Morgan fingerprint density at radius 2 is 2.12 bits per heavy atom. The molecule has 0 spiro atoms. The highest BCUT2D eigenvalue weighted by molar-refractivity contribution is 7.85. The molecule has 0 radical (unpaired) electrons. The average molecular weight is 407 g/mol. The van der Waals surface area contributed by atoms with Crippen molar-refractivity contribution in [2.75, 3.05) is 19.5 Å². The number of halogens is 2. The summed E-state index contributed by atoms with van der Waals surface area (Å²) < 4.78 is 41.0. The number of ether oxygens (including phenoxy) is 2. The lowest BCUT2D eigenvalue weighted by Gasteiger charge is -2.30. The molecule has 1 aliphatic heterocycles. The summed E-state index contributed by atoms with van der Waals surface area (Å²) in [7, 11) is -3.58. The molecule has 0 amide bonds. The van der Waals surface area contributed by atoms with E-state index in [0.29, 0.717) is 15.6 Å². The molecule has 2 aromatic rings. The van der Waals surface area contributed by atoms with Crippen LogP contribution in [0.25, 0.3) is 0 Å². The van der Waals surface area contributed by atoms with E-state index in [4.69, 9.17) is 36.9 Å². The molecular formula is C15H16Cl2N2O5S. The molecule has 1 aromatic carbocycles. The van der Waals surface area contributed by atoms with E-state index in [-0.39, 0.29) is 19.8 Å². The minimum absolute atomic E-state index is 0.131. The third-order valence-corrected chi connectivity index (χ3v) is 4.82. The third kappa shape index (κ3) is 4.33. The fraction of sp³-hybridized carbons (Fsp3) is 0.400. The molecule has 1 saturated heterocycles. The van der Waals surface area contributed by atoms with Gasteiger partial charge in [0.15, 0.2) is 0 Å². The number of benzene rings is 1. The number of rotatable bonds is 6. The maximum atomic E-state index is 11.2. The Bertz CT molecular complexity index is 823. The van der Waals surface area contributed by atoms with Crippen LogP contribution >= 0.6 is 23.2 Å². The van der Waals surface area contributed by atoms with E-state index in [9.17, 15) is 8.42 Å². The van der Waals surface area contributed by atoms with Crippen LogP contribution in [0.5, 0.6) is 0 Å². The second-order valence-electron chi connectivity index (χ2n) is 5.62. The normalized spacial score (nSPS) is 23.9. The molecule has 3 rings (SSSR count). The van der Waals surface area contributed by atoms with Gasteiger partial charge in [0.2, 0.25) is 5.79 Å². The highest BCUT2D eigenvalue weighted by atomic mass is 35.5. The van der Waals surface area contributed by atoms with Crippen molar-refractivity contribution in [2.24, 2.45) is 0 Å². The minimum atomic E-state index is -3.58. The molecule has 10 heteroatoms. The van der Waals surface area contributed by atoms with E-state index >= 15 is 0 Å². The summed E-state index contributed by atoms with van der Waals surface area (Å²) in [5, 5.41) is 0.773. The summed E-state index contributed by atoms with van der Waals surface area (Å²) in [6.45, 7) is 0.212. The van der Waals surface area contributed by atoms with Crippen LogP contribution in [0.15, 0.2) is 36.9 Å². The Morgan fingerprint density at radius 1 is 1.40 bits per heavy atom. The fourth-order valence-corrected chi connectivity index (χ4v) is 3.71. The van der Waals surface area contributed by atoms with Crippen molar-refractivity contribution >= 4 is 33.3 Å². The van der Waals surface area contributed by atoms with Gasteiger partial charge < -0.3 is 14.0 Å². The summed E-state index contributed by atoms with van der Waals surface area (Å²) in [6, 6.07) is 5.09. The second-order valence-corrected chi connectivity index (χ2v) is 8.08. The van der Waals surface area contributed by atoms with E-state index in [2.05, 4.69) is 4.98 Å². The van der Waals surface area contributed by atoms with Crippen molar-refractivity contribution in [1.82, 2.24) is 9.55 Å². The van der Waals surface area contributed by atoms with Gasteiger partial charge in [0.1, 0.15) is 6.10 Å². The smallest absolute Gasteiger partial charge is 0.264 e. The average Bonchev–Trinajstić information content (AvgIpc) is 3.15. The molecule has 136 valence electrons. The minimum Gasteiger partial charge on any atom is -0.342 e. The van der Waals surface area contributed by atoms with Gasteiger partial charge >= 0.3 is 0 Å². The van der Waals surface area contributed by atoms with Crippen LogP contribution in [-0.2, 0) is 36.1 Å². The van der Waals surface area contributed by atoms with Gasteiger partial charge in [-0.05, 0) is 12.1 Å². The maximum Gasteiger partial charge on any atom is 0.264 e. The van der Waals surface area contributed by atoms with Crippen molar-refractivity contribution in [2.45, 2.75) is 18.4 Å². The van der Waals surface area contributed by atoms with E-state index in [0.717, 1.165) is 6.26 Å². The van der Waals surface area contributed by atoms with Crippen LogP contribution < -0.4 is 0 Å². The van der Waals surface area contributed by atoms with Gasteiger partial charge in [-0.3, -0.25) is 4.18 Å². The molecule has 2 unspecified atom stereocenters. The largest absolute Gasteiger partial charge is 0.342 e. The molecule has 1 fully saturated rings. The van der Waals surface area contributed by atoms with Gasteiger partial charge in [0.25, 0.3) is 10.1 Å². The summed E-state index contributed by atoms with van der Waals surface area (Å²) in [6.07, 6.45) is 5.37. The van der Waals surface area contributed by atoms with Crippen LogP contribution in [0.2, 0.25) is 10.0 Å². The maximum absolute atomic E-state index is 11.2. The second kappa shape index (κ2) is 7.22. The van der Waals surface area contributed by atoms with Gasteiger partial charge in [-0.1, -0.05) is 29.3 Å². The molecular weight excluding hydrogens is 391 g/mol. The summed E-state index contributed by atoms with van der Waals surface area (Å²) >= 11 is 12.7. The monoisotopic (exact) mass is 406 g/mol. The number of imidazole rings is 1. The lowest BCUT2D eigenvalue weighted by Crippen LogP contribution is -2.34. The van der Waals surface area contributed by atoms with E-state index in [1.165, 1.54) is 0 Å². The van der Waals surface area contributed by atoms with Crippen LogP contribution in [-0.4, -0.2) is 43.5 Å². The lowest BCUT2D eigenvalue weighted by atomic mass is 10.1. The van der Waals surface area contributed by atoms with Crippen LogP contribution in [0.3, 0.4) is 0 Å². The Kier molecular flexibility index (Phi) is 5.38. The molecule has 2 atom stereocenters. The molecule has 0 aliphatic carbocycles. The Labute approximate surface area is 155 Å². The first kappa shape index (κ1) is 18.6. The van der Waals surface area contributed by atoms with Gasteiger partial charge in [-0.15, -0.1) is 0 Å². The first-order valence-electron chi connectivity index (χ1n) is 7.35. The Morgan fingerprint density at radius 3 is 2.72 bits per heavy atom. The standard InChI is InChI=1S/C15H16Cl2N2O5S/c1-25(20,21)23-8-11-7-22-15(24-11,9-19-6-5-18-10-19)14-12(16)3-2-4-13(14)17/h2-6,10-11H,7-9H2,1H3. The molecule has 7 nitrogen and oxygen atoms in total. The van der Waals surface area contributed by atoms with Crippen molar-refractivity contribution in [3.63, 3.8) is 0 Å². The predicted molar refractivity (Wildman–Crippen MR) is 92.0 cm³/mol. The number of aromatic nitrogens is 2. The van der Waals surface area contributed by atoms with E-state index in [1.807, 2.05) is 0 Å². The van der Waals surface area contributed by atoms with Crippen molar-refractivity contribution in [1.29, 1.82) is 0 Å². The number of hydrogen-bond donors (Lipinski definition) is 0. The molecule has 2 heterocycles. The van der Waals surface area contributed by atoms with E-state index in [1.54, 1.807) is 41.5 Å². The van der Waals surface area contributed by atoms with E-state index < -0.39 is 22.0 Å².